The van der Waals surface area contributed by atoms with Crippen LogP contribution in [-0.2, 0) is 14.8 Å². The molecule has 1 unspecified atom stereocenters. The molecule has 0 aliphatic carbocycles. The van der Waals surface area contributed by atoms with Gasteiger partial charge >= 0.3 is 5.97 Å². The average Bonchev–Trinajstić information content (AvgIpc) is 2.51. The molecule has 0 amide bonds. The number of ether oxygens (including phenoxy) is 1. The molecule has 1 heterocycles. The summed E-state index contributed by atoms with van der Waals surface area (Å²) in [6, 6.07) is 10.7. The van der Waals surface area contributed by atoms with E-state index in [0.29, 0.717) is 5.75 Å². The molecule has 0 fully saturated rings. The number of Topliss-reactive ketones (excluding diaryl/α,β-unsaturated/α-hetero) is 1. The largest absolute Gasteiger partial charge is 0.480 e. The first-order valence-corrected chi connectivity index (χ1v) is 8.03. The number of fused-ring (bicyclic) bond motifs is 1. The number of para-hydroxylation sites is 1. The van der Waals surface area contributed by atoms with Gasteiger partial charge in [-0.3, -0.25) is 4.79 Å². The predicted octanol–water partition coefficient (Wildman–Crippen LogP) is 1.41. The van der Waals surface area contributed by atoms with Crippen molar-refractivity contribution in [1.82, 2.24) is 4.72 Å². The van der Waals surface area contributed by atoms with E-state index >= 15 is 0 Å². The van der Waals surface area contributed by atoms with Crippen LogP contribution in [-0.4, -0.2) is 31.3 Å². The average molecular weight is 333 g/mol. The summed E-state index contributed by atoms with van der Waals surface area (Å²) in [6.07, 6.45) is 0. The van der Waals surface area contributed by atoms with Crippen molar-refractivity contribution in [2.75, 3.05) is 0 Å². The molecule has 8 heteroatoms. The van der Waals surface area contributed by atoms with E-state index in [1.807, 2.05) is 4.72 Å². The summed E-state index contributed by atoms with van der Waals surface area (Å²) in [4.78, 5) is 23.0. The number of carbonyl (C=O) groups excluding carboxylic acids is 1. The molecule has 0 radical (unpaired) electrons. The van der Waals surface area contributed by atoms with E-state index in [9.17, 15) is 18.0 Å². The highest BCUT2D eigenvalue weighted by Gasteiger charge is 2.40. The van der Waals surface area contributed by atoms with Crippen LogP contribution < -0.4 is 9.46 Å². The van der Waals surface area contributed by atoms with E-state index in [1.165, 1.54) is 18.2 Å². The fourth-order valence-corrected chi connectivity index (χ4v) is 3.56. The summed E-state index contributed by atoms with van der Waals surface area (Å²) >= 11 is 0. The van der Waals surface area contributed by atoms with Crippen LogP contribution in [0.3, 0.4) is 0 Å². The monoisotopic (exact) mass is 333 g/mol. The molecule has 0 saturated heterocycles. The van der Waals surface area contributed by atoms with Gasteiger partial charge in [-0.1, -0.05) is 18.2 Å². The van der Waals surface area contributed by atoms with Crippen molar-refractivity contribution in [3.63, 3.8) is 0 Å². The molecule has 1 aliphatic rings. The minimum atomic E-state index is -4.07. The van der Waals surface area contributed by atoms with Gasteiger partial charge in [0.15, 0.2) is 11.8 Å². The zero-order chi connectivity index (χ0) is 16.6. The SMILES string of the molecule is O=C(O)C1NS(=O)(=O)c2ccc(Oc3ccccc3)cc2C1=O. The Morgan fingerprint density at radius 2 is 1.78 bits per heavy atom. The molecule has 7 nitrogen and oxygen atoms in total. The highest BCUT2D eigenvalue weighted by atomic mass is 32.2. The van der Waals surface area contributed by atoms with Crippen LogP contribution in [0.15, 0.2) is 53.4 Å². The second kappa shape index (κ2) is 5.49. The maximum atomic E-state index is 12.2. The number of carboxylic acid groups (broad SMARTS) is 1. The Labute approximate surface area is 131 Å². The Hall–Kier alpha value is -2.71. The summed E-state index contributed by atoms with van der Waals surface area (Å²) in [6.45, 7) is 0. The summed E-state index contributed by atoms with van der Waals surface area (Å²) in [7, 11) is -4.07. The van der Waals surface area contributed by atoms with Gasteiger partial charge in [0.1, 0.15) is 11.5 Å². The molecule has 0 saturated carbocycles. The zero-order valence-electron chi connectivity index (χ0n) is 11.6. The predicted molar refractivity (Wildman–Crippen MR) is 79.0 cm³/mol. The number of nitrogens with one attached hydrogen (secondary N) is 1. The van der Waals surface area contributed by atoms with Crippen LogP contribution in [0.4, 0.5) is 0 Å². The number of rotatable bonds is 3. The quantitative estimate of drug-likeness (QED) is 0.822. The Morgan fingerprint density at radius 3 is 2.43 bits per heavy atom. The van der Waals surface area contributed by atoms with E-state index in [2.05, 4.69) is 0 Å². The molecule has 0 bridgehead atoms. The third-order valence-corrected chi connectivity index (χ3v) is 4.75. The highest BCUT2D eigenvalue weighted by Crippen LogP contribution is 2.29. The third kappa shape index (κ3) is 2.81. The van der Waals surface area contributed by atoms with Crippen LogP contribution in [0.2, 0.25) is 0 Å². The van der Waals surface area contributed by atoms with Gasteiger partial charge in [0.2, 0.25) is 10.0 Å². The van der Waals surface area contributed by atoms with Gasteiger partial charge in [-0.15, -0.1) is 0 Å². The van der Waals surface area contributed by atoms with Crippen molar-refractivity contribution in [3.05, 3.63) is 54.1 Å². The van der Waals surface area contributed by atoms with Gasteiger partial charge < -0.3 is 9.84 Å². The van der Waals surface area contributed by atoms with Crippen LogP contribution in [0.1, 0.15) is 10.4 Å². The topological polar surface area (TPSA) is 110 Å². The molecule has 0 aromatic heterocycles. The van der Waals surface area contributed by atoms with Crippen molar-refractivity contribution in [2.45, 2.75) is 10.9 Å². The summed E-state index contributed by atoms with van der Waals surface area (Å²) in [5.74, 6) is -1.64. The van der Waals surface area contributed by atoms with E-state index in [0.717, 1.165) is 0 Å². The molecule has 118 valence electrons. The summed E-state index contributed by atoms with van der Waals surface area (Å²) < 4.78 is 31.5. The fraction of sp³-hybridized carbons (Fsp3) is 0.0667. The van der Waals surface area contributed by atoms with Crippen molar-refractivity contribution >= 4 is 21.8 Å². The second-order valence-electron chi connectivity index (χ2n) is 4.83. The zero-order valence-corrected chi connectivity index (χ0v) is 12.4. The highest BCUT2D eigenvalue weighted by molar-refractivity contribution is 7.89. The Morgan fingerprint density at radius 1 is 1.09 bits per heavy atom. The van der Waals surface area contributed by atoms with Gasteiger partial charge in [0.25, 0.3) is 0 Å². The molecule has 23 heavy (non-hydrogen) atoms. The fourth-order valence-electron chi connectivity index (χ4n) is 2.21. The van der Waals surface area contributed by atoms with Crippen LogP contribution in [0.5, 0.6) is 11.5 Å². The number of sulfonamides is 1. The number of ketones is 1. The first-order chi connectivity index (χ1) is 10.9. The number of hydrogen-bond donors (Lipinski definition) is 2. The van der Waals surface area contributed by atoms with Crippen molar-refractivity contribution in [2.24, 2.45) is 0 Å². The van der Waals surface area contributed by atoms with Gasteiger partial charge in [0.05, 0.1) is 4.90 Å². The third-order valence-electron chi connectivity index (χ3n) is 3.27. The van der Waals surface area contributed by atoms with Crippen LogP contribution in [0, 0.1) is 0 Å². The standard InChI is InChI=1S/C15H11NO6S/c17-14-11-8-10(22-9-4-2-1-3-5-9)6-7-12(11)23(20,21)16-13(14)15(18)19/h1-8,13,16H,(H,18,19). The Balaban J connectivity index is 2.04. The molecular formula is C15H11NO6S. The number of aliphatic carboxylic acids is 1. The van der Waals surface area contributed by atoms with E-state index < -0.39 is 27.8 Å². The van der Waals surface area contributed by atoms with Gasteiger partial charge in [0, 0.05) is 5.56 Å². The molecular weight excluding hydrogens is 322 g/mol. The molecule has 1 aliphatic heterocycles. The van der Waals surface area contributed by atoms with E-state index in [1.54, 1.807) is 30.3 Å². The van der Waals surface area contributed by atoms with Gasteiger partial charge in [-0.25, -0.2) is 13.2 Å². The molecule has 3 rings (SSSR count). The lowest BCUT2D eigenvalue weighted by molar-refractivity contribution is -0.137. The van der Waals surface area contributed by atoms with Gasteiger partial charge in [-0.2, -0.15) is 4.72 Å². The lowest BCUT2D eigenvalue weighted by Gasteiger charge is -2.22. The normalized spacial score (nSPS) is 19.0. The van der Waals surface area contributed by atoms with Crippen molar-refractivity contribution in [3.8, 4) is 11.5 Å². The summed E-state index contributed by atoms with van der Waals surface area (Å²) in [5, 5.41) is 8.99. The van der Waals surface area contributed by atoms with Crippen molar-refractivity contribution in [1.29, 1.82) is 0 Å². The Bertz CT molecular complexity index is 891. The van der Waals surface area contributed by atoms with Crippen LogP contribution >= 0.6 is 0 Å². The van der Waals surface area contributed by atoms with E-state index in [4.69, 9.17) is 9.84 Å². The minimum absolute atomic E-state index is 0.204. The number of carboxylic acids is 1. The molecule has 2 aromatic carbocycles. The maximum absolute atomic E-state index is 12.2. The first-order valence-electron chi connectivity index (χ1n) is 6.55. The van der Waals surface area contributed by atoms with E-state index in [-0.39, 0.29) is 16.2 Å². The summed E-state index contributed by atoms with van der Waals surface area (Å²) in [5.41, 5.74) is -0.204. The molecule has 2 N–H and O–H groups in total. The van der Waals surface area contributed by atoms with Gasteiger partial charge in [-0.05, 0) is 30.3 Å². The van der Waals surface area contributed by atoms with Crippen LogP contribution in [0.25, 0.3) is 0 Å². The Kier molecular flexibility index (Phi) is 3.63. The number of carbonyl (C=O) groups is 2. The molecule has 1 atom stereocenters. The number of hydrogen-bond acceptors (Lipinski definition) is 5. The van der Waals surface area contributed by atoms with Crippen molar-refractivity contribution < 1.29 is 27.9 Å². The lowest BCUT2D eigenvalue weighted by atomic mass is 10.0. The molecule has 0 spiro atoms. The second-order valence-corrected chi connectivity index (χ2v) is 6.51. The number of benzene rings is 2. The smallest absolute Gasteiger partial charge is 0.329 e. The first kappa shape index (κ1) is 15.2. The minimum Gasteiger partial charge on any atom is -0.480 e. The molecule has 2 aromatic rings. The lowest BCUT2D eigenvalue weighted by Crippen LogP contribution is -2.50. The maximum Gasteiger partial charge on any atom is 0.329 e.